The number of hydrogen-bond donors (Lipinski definition) is 0. The molecule has 4 aromatic rings. The number of hydrogen-bond acceptors (Lipinski definition) is 0. The average Bonchev–Trinajstić information content (AvgIpc) is 3.44. The Morgan fingerprint density at radius 2 is 1.30 bits per heavy atom. The van der Waals surface area contributed by atoms with E-state index in [2.05, 4.69) is 131 Å². The van der Waals surface area contributed by atoms with Crippen LogP contribution in [0.5, 0.6) is 0 Å². The van der Waals surface area contributed by atoms with Gasteiger partial charge in [0.15, 0.2) is 0 Å². The monoisotopic (exact) mass is 674 g/mol. The molecule has 0 saturated heterocycles. The first-order chi connectivity index (χ1) is 18.3. The third-order valence-electron chi connectivity index (χ3n) is 8.42. The number of benzene rings is 4. The summed E-state index contributed by atoms with van der Waals surface area (Å²) >= 11 is -0.523. The molecule has 40 heavy (non-hydrogen) atoms. The van der Waals surface area contributed by atoms with Gasteiger partial charge in [-0.2, -0.15) is 0 Å². The van der Waals surface area contributed by atoms with Crippen LogP contribution in [0.4, 0.5) is 0 Å². The Morgan fingerprint density at radius 3 is 1.95 bits per heavy atom. The smallest absolute Gasteiger partial charge is 1.00 e. The number of rotatable bonds is 6. The summed E-state index contributed by atoms with van der Waals surface area (Å²) in [6.07, 6.45) is 3.63. The summed E-state index contributed by atoms with van der Waals surface area (Å²) in [6, 6.07) is 33.0. The molecule has 204 valence electrons. The van der Waals surface area contributed by atoms with Crippen LogP contribution in [-0.4, -0.2) is 14.0 Å². The SMILES string of the molecule is CCC1=Cc2c(-c3ccc([Si](C)(C)C)cc3)cccc2C1c1cccc2c1[CH]([Zr+2][SiH](C)C)c1ccccc1-2.[Cl-].[Cl-]. The standard InChI is InChI=1S/C33H31Si.C2H7Si.2ClH.Zr/c1-5-22-20-31-26(23-16-18-25(19-17-23)34(2,3)4)12-8-14-29(31)33(22)30-15-9-13-28-27-11-7-6-10-24(27)21-32(28)30;1-3-2;;;/h6-21,33H,5H2,1-4H3;3H,1-2H3;2*1H;/q;;;;+2/p-2. The van der Waals surface area contributed by atoms with Crippen molar-refractivity contribution in [3.63, 3.8) is 0 Å². The van der Waals surface area contributed by atoms with E-state index in [1.807, 2.05) is 0 Å². The Bertz CT molecular complexity index is 1550. The molecule has 2 atom stereocenters. The van der Waals surface area contributed by atoms with Gasteiger partial charge in [-0.1, -0.05) is 19.6 Å². The van der Waals surface area contributed by atoms with Crippen molar-refractivity contribution < 1.29 is 47.2 Å². The zero-order chi connectivity index (χ0) is 26.6. The summed E-state index contributed by atoms with van der Waals surface area (Å²) in [5.41, 5.74) is 15.2. The minimum atomic E-state index is -1.31. The Labute approximate surface area is 266 Å². The van der Waals surface area contributed by atoms with Crippen molar-refractivity contribution in [1.29, 1.82) is 0 Å². The molecule has 0 N–H and O–H groups in total. The van der Waals surface area contributed by atoms with Crippen molar-refractivity contribution >= 4 is 25.3 Å². The minimum Gasteiger partial charge on any atom is -1.00 e. The maximum atomic E-state index is 2.58. The summed E-state index contributed by atoms with van der Waals surface area (Å²) < 4.78 is 0.701. The molecule has 0 bridgehead atoms. The van der Waals surface area contributed by atoms with Gasteiger partial charge >= 0.3 is 224 Å². The fraction of sp³-hybridized carbons (Fsp3) is 0.257. The summed E-state index contributed by atoms with van der Waals surface area (Å²) in [6.45, 7) is 14.8. The molecule has 0 aromatic heterocycles. The summed E-state index contributed by atoms with van der Waals surface area (Å²) in [4.78, 5) is 0. The van der Waals surface area contributed by atoms with E-state index in [0.29, 0.717) is 9.54 Å². The average molecular weight is 677 g/mol. The van der Waals surface area contributed by atoms with Crippen molar-refractivity contribution in [3.8, 4) is 22.3 Å². The predicted molar refractivity (Wildman–Crippen MR) is 168 cm³/mol. The van der Waals surface area contributed by atoms with E-state index in [-0.39, 0.29) is 24.8 Å². The maximum Gasteiger partial charge on any atom is -1.00 e. The molecule has 4 aromatic carbocycles. The van der Waals surface area contributed by atoms with Gasteiger partial charge < -0.3 is 24.8 Å². The van der Waals surface area contributed by atoms with Crippen LogP contribution in [0.25, 0.3) is 28.3 Å². The zero-order valence-electron chi connectivity index (χ0n) is 24.4. The molecule has 2 aliphatic carbocycles. The number of fused-ring (bicyclic) bond motifs is 4. The largest absolute Gasteiger partial charge is 1.00 e. The van der Waals surface area contributed by atoms with Crippen LogP contribution in [0.15, 0.2) is 90.5 Å². The fourth-order valence-corrected chi connectivity index (χ4v) is 17.6. The van der Waals surface area contributed by atoms with E-state index in [4.69, 9.17) is 0 Å². The molecule has 2 unspecified atom stereocenters. The third-order valence-corrected chi connectivity index (χ3v) is 20.3. The van der Waals surface area contributed by atoms with Crippen LogP contribution >= 0.6 is 0 Å². The van der Waals surface area contributed by atoms with Gasteiger partial charge in [0, 0.05) is 0 Å². The van der Waals surface area contributed by atoms with E-state index in [0.717, 1.165) is 6.42 Å². The Balaban J connectivity index is 0.00000185. The zero-order valence-corrected chi connectivity index (χ0v) is 30.5. The Kier molecular flexibility index (Phi) is 9.75. The van der Waals surface area contributed by atoms with Crippen LogP contribution in [0.3, 0.4) is 0 Å². The molecular formula is C35H38Cl2Si2Zr. The summed E-state index contributed by atoms with van der Waals surface area (Å²) in [7, 11) is -1.31. The first-order valence-corrected chi connectivity index (χ1v) is 26.3. The van der Waals surface area contributed by atoms with Crippen LogP contribution < -0.4 is 30.0 Å². The second-order valence-corrected chi connectivity index (χ2v) is 32.4. The topological polar surface area (TPSA) is 0 Å². The first-order valence-electron chi connectivity index (χ1n) is 14.2. The molecule has 6 rings (SSSR count). The van der Waals surface area contributed by atoms with Gasteiger partial charge in [-0.3, -0.25) is 0 Å². The van der Waals surface area contributed by atoms with Crippen LogP contribution in [0, 0.1) is 0 Å². The number of halogens is 2. The normalized spacial score (nSPS) is 16.7. The van der Waals surface area contributed by atoms with Crippen molar-refractivity contribution in [3.05, 3.63) is 118 Å². The third kappa shape index (κ3) is 5.50. The summed E-state index contributed by atoms with van der Waals surface area (Å²) in [5.74, 6) is -0.222. The Morgan fingerprint density at radius 1 is 0.700 bits per heavy atom. The molecule has 0 spiro atoms. The van der Waals surface area contributed by atoms with E-state index in [9.17, 15) is 0 Å². The van der Waals surface area contributed by atoms with Crippen molar-refractivity contribution in [2.45, 2.75) is 55.6 Å². The van der Waals surface area contributed by atoms with Crippen LogP contribution in [0.2, 0.25) is 32.7 Å². The van der Waals surface area contributed by atoms with Gasteiger partial charge in [0.25, 0.3) is 0 Å². The maximum absolute atomic E-state index is 2.58. The van der Waals surface area contributed by atoms with E-state index in [1.165, 1.54) is 38.6 Å². The quantitative estimate of drug-likeness (QED) is 0.276. The van der Waals surface area contributed by atoms with Gasteiger partial charge in [-0.25, -0.2) is 0 Å². The van der Waals surface area contributed by atoms with Crippen molar-refractivity contribution in [2.24, 2.45) is 0 Å². The second-order valence-electron chi connectivity index (χ2n) is 12.3. The predicted octanol–water partition coefficient (Wildman–Crippen LogP) is 2.98. The first kappa shape index (κ1) is 31.5. The minimum absolute atomic E-state index is 0. The van der Waals surface area contributed by atoms with Crippen LogP contribution in [0.1, 0.15) is 50.7 Å². The summed E-state index contributed by atoms with van der Waals surface area (Å²) in [5, 5.41) is 1.53. The molecule has 0 fully saturated rings. The molecule has 0 amide bonds. The van der Waals surface area contributed by atoms with Gasteiger partial charge in [0.2, 0.25) is 0 Å². The van der Waals surface area contributed by atoms with E-state index >= 15 is 0 Å². The molecule has 5 heteroatoms. The van der Waals surface area contributed by atoms with Crippen molar-refractivity contribution in [2.75, 3.05) is 0 Å². The molecule has 0 nitrogen and oxygen atoms in total. The molecular weight excluding hydrogens is 639 g/mol. The van der Waals surface area contributed by atoms with Gasteiger partial charge in [-0.15, -0.1) is 0 Å². The Hall–Kier alpha value is -1.48. The van der Waals surface area contributed by atoms with Gasteiger partial charge in [0.05, 0.1) is 0 Å². The van der Waals surface area contributed by atoms with Crippen molar-refractivity contribution in [1.82, 2.24) is 0 Å². The van der Waals surface area contributed by atoms with E-state index in [1.54, 1.807) is 22.3 Å². The molecule has 0 heterocycles. The molecule has 2 aliphatic rings. The number of allylic oxidation sites excluding steroid dienone is 1. The van der Waals surface area contributed by atoms with Gasteiger partial charge in [-0.05, 0) is 0 Å². The van der Waals surface area contributed by atoms with Gasteiger partial charge in [0.1, 0.15) is 0 Å². The molecule has 0 radical (unpaired) electrons. The van der Waals surface area contributed by atoms with E-state index < -0.39 is 36.4 Å². The molecule has 0 saturated carbocycles. The van der Waals surface area contributed by atoms with Crippen LogP contribution in [-0.2, 0) is 22.4 Å². The molecule has 0 aliphatic heterocycles. The second kappa shape index (κ2) is 12.4. The fourth-order valence-electron chi connectivity index (χ4n) is 6.59.